The van der Waals surface area contributed by atoms with E-state index >= 15 is 0 Å². The number of carbonyl (C=O) groups excluding carboxylic acids is 1. The molecule has 0 bridgehead atoms. The van der Waals surface area contributed by atoms with Crippen molar-refractivity contribution in [2.75, 3.05) is 14.2 Å². The second kappa shape index (κ2) is 7.69. The summed E-state index contributed by atoms with van der Waals surface area (Å²) in [7, 11) is 3.09. The SMILES string of the molecule is COc1ccc(-c2nnc(C(C)OC(=O)c3ccccc3OC)o2)cc1. The number of esters is 1. The molecule has 7 nitrogen and oxygen atoms in total. The van der Waals surface area contributed by atoms with Gasteiger partial charge in [-0.1, -0.05) is 12.1 Å². The number of aromatic nitrogens is 2. The summed E-state index contributed by atoms with van der Waals surface area (Å²) in [6, 6.07) is 14.0. The summed E-state index contributed by atoms with van der Waals surface area (Å²) >= 11 is 0. The minimum absolute atomic E-state index is 0.207. The van der Waals surface area contributed by atoms with Crippen LogP contribution in [0, 0.1) is 0 Å². The predicted molar refractivity (Wildman–Crippen MR) is 93.1 cm³/mol. The molecule has 134 valence electrons. The number of ether oxygens (including phenoxy) is 3. The van der Waals surface area contributed by atoms with Gasteiger partial charge in [-0.05, 0) is 43.3 Å². The molecule has 0 N–H and O–H groups in total. The Morgan fingerprint density at radius 1 is 1.00 bits per heavy atom. The zero-order valence-corrected chi connectivity index (χ0v) is 14.6. The van der Waals surface area contributed by atoms with Crippen molar-refractivity contribution in [1.82, 2.24) is 10.2 Å². The summed E-state index contributed by atoms with van der Waals surface area (Å²) in [5.41, 5.74) is 1.07. The molecule has 3 rings (SSSR count). The second-order valence-corrected chi connectivity index (χ2v) is 5.42. The molecule has 0 spiro atoms. The van der Waals surface area contributed by atoms with Crippen LogP contribution in [0.15, 0.2) is 52.9 Å². The van der Waals surface area contributed by atoms with Crippen LogP contribution in [0.3, 0.4) is 0 Å². The average molecular weight is 354 g/mol. The van der Waals surface area contributed by atoms with Crippen LogP contribution in [-0.4, -0.2) is 30.4 Å². The number of nitrogens with zero attached hydrogens (tertiary/aromatic N) is 2. The van der Waals surface area contributed by atoms with Crippen LogP contribution in [0.5, 0.6) is 11.5 Å². The highest BCUT2D eigenvalue weighted by molar-refractivity contribution is 5.92. The first-order chi connectivity index (χ1) is 12.6. The first-order valence-corrected chi connectivity index (χ1v) is 7.94. The molecule has 0 aliphatic heterocycles. The lowest BCUT2D eigenvalue weighted by Crippen LogP contribution is -2.10. The van der Waals surface area contributed by atoms with Crippen molar-refractivity contribution >= 4 is 5.97 Å². The zero-order chi connectivity index (χ0) is 18.5. The molecule has 7 heteroatoms. The van der Waals surface area contributed by atoms with Gasteiger partial charge in [0, 0.05) is 5.56 Å². The maximum absolute atomic E-state index is 12.3. The van der Waals surface area contributed by atoms with Crippen LogP contribution in [-0.2, 0) is 4.74 Å². The number of carbonyl (C=O) groups is 1. The summed E-state index contributed by atoms with van der Waals surface area (Å²) in [4.78, 5) is 12.3. The Labute approximate surface area is 150 Å². The van der Waals surface area contributed by atoms with Crippen molar-refractivity contribution in [3.05, 3.63) is 60.0 Å². The highest BCUT2D eigenvalue weighted by Crippen LogP contribution is 2.26. The highest BCUT2D eigenvalue weighted by atomic mass is 16.6. The van der Waals surface area contributed by atoms with Gasteiger partial charge in [-0.15, -0.1) is 10.2 Å². The molecule has 2 aromatic carbocycles. The maximum atomic E-state index is 12.3. The van der Waals surface area contributed by atoms with Crippen LogP contribution in [0.2, 0.25) is 0 Å². The van der Waals surface area contributed by atoms with Gasteiger partial charge in [-0.3, -0.25) is 0 Å². The number of methoxy groups -OCH3 is 2. The minimum Gasteiger partial charge on any atom is -0.497 e. The summed E-state index contributed by atoms with van der Waals surface area (Å²) in [5, 5.41) is 7.97. The van der Waals surface area contributed by atoms with Gasteiger partial charge in [0.2, 0.25) is 5.89 Å². The quantitative estimate of drug-likeness (QED) is 0.624. The molecule has 0 aliphatic rings. The largest absolute Gasteiger partial charge is 0.497 e. The van der Waals surface area contributed by atoms with E-state index in [4.69, 9.17) is 18.6 Å². The van der Waals surface area contributed by atoms with E-state index in [0.717, 1.165) is 11.3 Å². The van der Waals surface area contributed by atoms with Gasteiger partial charge in [0.05, 0.1) is 14.2 Å². The third kappa shape index (κ3) is 3.66. The summed E-state index contributed by atoms with van der Waals surface area (Å²) in [6.07, 6.45) is -0.702. The van der Waals surface area contributed by atoms with Crippen LogP contribution in [0.25, 0.3) is 11.5 Å². The molecule has 1 atom stereocenters. The highest BCUT2D eigenvalue weighted by Gasteiger charge is 2.21. The smallest absolute Gasteiger partial charge is 0.342 e. The fourth-order valence-corrected chi connectivity index (χ4v) is 2.34. The Hall–Kier alpha value is -3.35. The number of hydrogen-bond donors (Lipinski definition) is 0. The van der Waals surface area contributed by atoms with Crippen molar-refractivity contribution in [3.63, 3.8) is 0 Å². The van der Waals surface area contributed by atoms with Gasteiger partial charge in [0.25, 0.3) is 5.89 Å². The Kier molecular flexibility index (Phi) is 5.17. The molecular formula is C19H18N2O5. The Bertz CT molecular complexity index is 889. The lowest BCUT2D eigenvalue weighted by atomic mass is 10.2. The fourth-order valence-electron chi connectivity index (χ4n) is 2.34. The van der Waals surface area contributed by atoms with Crippen molar-refractivity contribution in [2.24, 2.45) is 0 Å². The molecule has 0 amide bonds. The van der Waals surface area contributed by atoms with Crippen molar-refractivity contribution in [2.45, 2.75) is 13.0 Å². The summed E-state index contributed by atoms with van der Waals surface area (Å²) < 4.78 is 21.3. The van der Waals surface area contributed by atoms with Gasteiger partial charge in [0.1, 0.15) is 17.1 Å². The van der Waals surface area contributed by atoms with Crippen LogP contribution >= 0.6 is 0 Å². The Balaban J connectivity index is 1.73. The molecule has 1 aromatic heterocycles. The molecule has 0 radical (unpaired) electrons. The van der Waals surface area contributed by atoms with Gasteiger partial charge < -0.3 is 18.6 Å². The van der Waals surface area contributed by atoms with Crippen molar-refractivity contribution < 1.29 is 23.4 Å². The fraction of sp³-hybridized carbons (Fsp3) is 0.211. The monoisotopic (exact) mass is 354 g/mol. The van der Waals surface area contributed by atoms with Gasteiger partial charge in [0.15, 0.2) is 6.10 Å². The van der Waals surface area contributed by atoms with Crippen molar-refractivity contribution in [1.29, 1.82) is 0 Å². The molecule has 0 aliphatic carbocycles. The molecular weight excluding hydrogens is 336 g/mol. The van der Waals surface area contributed by atoms with E-state index in [9.17, 15) is 4.79 Å². The Morgan fingerprint density at radius 3 is 2.42 bits per heavy atom. The molecule has 0 saturated heterocycles. The first-order valence-electron chi connectivity index (χ1n) is 7.94. The van der Waals surface area contributed by atoms with Gasteiger partial charge in [-0.2, -0.15) is 0 Å². The molecule has 3 aromatic rings. The zero-order valence-electron chi connectivity index (χ0n) is 14.6. The van der Waals surface area contributed by atoms with E-state index in [1.54, 1.807) is 50.4 Å². The van der Waals surface area contributed by atoms with E-state index in [1.165, 1.54) is 7.11 Å². The third-order valence-corrected chi connectivity index (χ3v) is 3.74. The van der Waals surface area contributed by atoms with E-state index in [0.29, 0.717) is 17.2 Å². The van der Waals surface area contributed by atoms with Crippen LogP contribution < -0.4 is 9.47 Å². The van der Waals surface area contributed by atoms with Crippen molar-refractivity contribution in [3.8, 4) is 23.0 Å². The topological polar surface area (TPSA) is 83.7 Å². The van der Waals surface area contributed by atoms with Gasteiger partial charge in [-0.25, -0.2) is 4.79 Å². The second-order valence-electron chi connectivity index (χ2n) is 5.42. The third-order valence-electron chi connectivity index (χ3n) is 3.74. The maximum Gasteiger partial charge on any atom is 0.342 e. The lowest BCUT2D eigenvalue weighted by molar-refractivity contribution is 0.0276. The number of rotatable bonds is 6. The lowest BCUT2D eigenvalue weighted by Gasteiger charge is -2.11. The summed E-state index contributed by atoms with van der Waals surface area (Å²) in [5.74, 6) is 1.18. The van der Waals surface area contributed by atoms with E-state index in [-0.39, 0.29) is 5.89 Å². The molecule has 0 saturated carbocycles. The van der Waals surface area contributed by atoms with Crippen LogP contribution in [0.4, 0.5) is 0 Å². The summed E-state index contributed by atoms with van der Waals surface area (Å²) in [6.45, 7) is 1.67. The minimum atomic E-state index is -0.702. The van der Waals surface area contributed by atoms with E-state index < -0.39 is 12.1 Å². The normalized spacial score (nSPS) is 11.7. The first kappa shape index (κ1) is 17.5. The molecule has 1 unspecified atom stereocenters. The number of benzene rings is 2. The average Bonchev–Trinajstić information content (AvgIpc) is 3.18. The van der Waals surface area contributed by atoms with Crippen LogP contribution in [0.1, 0.15) is 29.3 Å². The number of hydrogen-bond acceptors (Lipinski definition) is 7. The number of para-hydroxylation sites is 1. The Morgan fingerprint density at radius 2 is 1.73 bits per heavy atom. The van der Waals surface area contributed by atoms with E-state index in [1.807, 2.05) is 12.1 Å². The standard InChI is InChI=1S/C19H18N2O5/c1-12(25-19(22)15-6-4-5-7-16(15)24-3)17-20-21-18(26-17)13-8-10-14(23-2)11-9-13/h4-12H,1-3H3. The predicted octanol–water partition coefficient (Wildman–Crippen LogP) is 3.67. The van der Waals surface area contributed by atoms with E-state index in [2.05, 4.69) is 10.2 Å². The molecule has 0 fully saturated rings. The van der Waals surface area contributed by atoms with Gasteiger partial charge >= 0.3 is 5.97 Å². The molecule has 26 heavy (non-hydrogen) atoms. The molecule has 1 heterocycles.